The average molecular weight is 135 g/mol. The Hall–Kier alpha value is -1.12. The second-order valence-corrected chi connectivity index (χ2v) is 2.53. The van der Waals surface area contributed by atoms with Gasteiger partial charge in [-0.2, -0.15) is 0 Å². The smallest absolute Gasteiger partial charge is 0.229 e. The van der Waals surface area contributed by atoms with E-state index in [1.807, 2.05) is 12.4 Å². The van der Waals surface area contributed by atoms with Crippen LogP contribution in [0.4, 0.5) is 5.95 Å². The lowest BCUT2D eigenvalue weighted by Crippen LogP contribution is -2.07. The molecule has 1 aliphatic heterocycles. The second-order valence-electron chi connectivity index (χ2n) is 2.53. The summed E-state index contributed by atoms with van der Waals surface area (Å²) in [6.45, 7) is 2.16. The molecule has 0 bridgehead atoms. The SMILES string of the molecule is C[C@@H]1CC=Nc2nccn21. The van der Waals surface area contributed by atoms with Crippen LogP contribution in [0, 0.1) is 0 Å². The molecular weight excluding hydrogens is 126 g/mol. The van der Waals surface area contributed by atoms with Gasteiger partial charge in [0.2, 0.25) is 5.95 Å². The predicted molar refractivity (Wildman–Crippen MR) is 39.7 cm³/mol. The van der Waals surface area contributed by atoms with Gasteiger partial charge in [-0.15, -0.1) is 0 Å². The topological polar surface area (TPSA) is 30.2 Å². The number of hydrogen-bond acceptors (Lipinski definition) is 2. The van der Waals surface area contributed by atoms with Crippen LogP contribution in [0.5, 0.6) is 0 Å². The van der Waals surface area contributed by atoms with E-state index < -0.39 is 0 Å². The normalized spacial score (nSPS) is 22.7. The van der Waals surface area contributed by atoms with Gasteiger partial charge in [-0.25, -0.2) is 9.98 Å². The minimum atomic E-state index is 0.523. The minimum Gasteiger partial charge on any atom is -0.313 e. The highest BCUT2D eigenvalue weighted by Gasteiger charge is 2.10. The fourth-order valence-corrected chi connectivity index (χ4v) is 1.15. The quantitative estimate of drug-likeness (QED) is 0.530. The van der Waals surface area contributed by atoms with E-state index in [1.165, 1.54) is 0 Å². The molecule has 0 saturated carbocycles. The number of imidazole rings is 1. The summed E-state index contributed by atoms with van der Waals surface area (Å²) in [6, 6.07) is 0.523. The van der Waals surface area contributed by atoms with Gasteiger partial charge in [-0.3, -0.25) is 0 Å². The summed E-state index contributed by atoms with van der Waals surface area (Å²) in [4.78, 5) is 8.20. The zero-order valence-corrected chi connectivity index (χ0v) is 5.86. The van der Waals surface area contributed by atoms with Gasteiger partial charge in [0.25, 0.3) is 0 Å². The number of fused-ring (bicyclic) bond motifs is 1. The Morgan fingerprint density at radius 2 is 2.60 bits per heavy atom. The standard InChI is InChI=1S/C7H9N3/c1-6-2-3-8-7-9-4-5-10(6)7/h3-6H,2H2,1H3/t6-/m1/s1. The van der Waals surface area contributed by atoms with Gasteiger partial charge in [-0.05, 0) is 6.92 Å². The molecule has 0 fully saturated rings. The van der Waals surface area contributed by atoms with Crippen LogP contribution >= 0.6 is 0 Å². The monoisotopic (exact) mass is 135 g/mol. The number of aromatic nitrogens is 2. The molecule has 10 heavy (non-hydrogen) atoms. The van der Waals surface area contributed by atoms with Gasteiger partial charge in [0.15, 0.2) is 0 Å². The Balaban J connectivity index is 2.52. The van der Waals surface area contributed by atoms with E-state index in [0.717, 1.165) is 12.4 Å². The average Bonchev–Trinajstić information content (AvgIpc) is 2.36. The molecule has 3 heteroatoms. The summed E-state index contributed by atoms with van der Waals surface area (Å²) < 4.78 is 2.08. The molecule has 0 amide bonds. The highest BCUT2D eigenvalue weighted by atomic mass is 15.2. The molecule has 1 aromatic rings. The third-order valence-corrected chi connectivity index (χ3v) is 1.78. The molecule has 0 aliphatic carbocycles. The van der Waals surface area contributed by atoms with Crippen molar-refractivity contribution in [2.24, 2.45) is 4.99 Å². The van der Waals surface area contributed by atoms with Crippen molar-refractivity contribution in [2.75, 3.05) is 0 Å². The van der Waals surface area contributed by atoms with Gasteiger partial charge < -0.3 is 4.57 Å². The highest BCUT2D eigenvalue weighted by Crippen LogP contribution is 2.21. The third kappa shape index (κ3) is 0.667. The molecule has 1 aromatic heterocycles. The van der Waals surface area contributed by atoms with E-state index in [1.54, 1.807) is 6.20 Å². The van der Waals surface area contributed by atoms with Gasteiger partial charge in [0.1, 0.15) is 0 Å². The van der Waals surface area contributed by atoms with Gasteiger partial charge in [0.05, 0.1) is 0 Å². The first kappa shape index (κ1) is 5.65. The molecule has 2 rings (SSSR count). The largest absolute Gasteiger partial charge is 0.313 e. The molecule has 0 radical (unpaired) electrons. The van der Waals surface area contributed by atoms with E-state index in [0.29, 0.717) is 6.04 Å². The Kier molecular flexibility index (Phi) is 1.09. The van der Waals surface area contributed by atoms with E-state index in [9.17, 15) is 0 Å². The van der Waals surface area contributed by atoms with Crippen molar-refractivity contribution >= 4 is 12.2 Å². The summed E-state index contributed by atoms with van der Waals surface area (Å²) in [5.74, 6) is 0.832. The van der Waals surface area contributed by atoms with Crippen LogP contribution in [0.15, 0.2) is 17.4 Å². The third-order valence-electron chi connectivity index (χ3n) is 1.78. The maximum atomic E-state index is 4.13. The molecule has 0 unspecified atom stereocenters. The summed E-state index contributed by atoms with van der Waals surface area (Å²) in [5.41, 5.74) is 0. The fraction of sp³-hybridized carbons (Fsp3) is 0.429. The molecule has 0 spiro atoms. The number of hydrogen-bond donors (Lipinski definition) is 0. The van der Waals surface area contributed by atoms with Crippen LogP contribution in [0.25, 0.3) is 0 Å². The van der Waals surface area contributed by atoms with Gasteiger partial charge >= 0.3 is 0 Å². The lowest BCUT2D eigenvalue weighted by atomic mass is 10.2. The Labute approximate surface area is 59.4 Å². The highest BCUT2D eigenvalue weighted by molar-refractivity contribution is 5.63. The van der Waals surface area contributed by atoms with Crippen LogP contribution in [-0.2, 0) is 0 Å². The second kappa shape index (κ2) is 1.94. The van der Waals surface area contributed by atoms with Gasteiger partial charge in [-0.1, -0.05) is 0 Å². The molecule has 0 aromatic carbocycles. The van der Waals surface area contributed by atoms with Crippen molar-refractivity contribution in [2.45, 2.75) is 19.4 Å². The Morgan fingerprint density at radius 3 is 3.40 bits per heavy atom. The molecule has 0 N–H and O–H groups in total. The maximum absolute atomic E-state index is 4.13. The van der Waals surface area contributed by atoms with Gasteiger partial charge in [0, 0.05) is 31.1 Å². The van der Waals surface area contributed by atoms with Crippen molar-refractivity contribution in [1.82, 2.24) is 9.55 Å². The van der Waals surface area contributed by atoms with E-state index in [4.69, 9.17) is 0 Å². The summed E-state index contributed by atoms with van der Waals surface area (Å²) in [6.07, 6.45) is 6.70. The van der Waals surface area contributed by atoms with E-state index >= 15 is 0 Å². The summed E-state index contributed by atoms with van der Waals surface area (Å²) in [5, 5.41) is 0. The zero-order chi connectivity index (χ0) is 6.97. The van der Waals surface area contributed by atoms with Crippen molar-refractivity contribution in [3.05, 3.63) is 12.4 Å². The minimum absolute atomic E-state index is 0.523. The number of nitrogens with zero attached hydrogens (tertiary/aromatic N) is 3. The van der Waals surface area contributed by atoms with Crippen molar-refractivity contribution in [3.8, 4) is 0 Å². The van der Waals surface area contributed by atoms with Crippen LogP contribution in [0.3, 0.4) is 0 Å². The fourth-order valence-electron chi connectivity index (χ4n) is 1.15. The van der Waals surface area contributed by atoms with E-state index in [-0.39, 0.29) is 0 Å². The first-order valence-electron chi connectivity index (χ1n) is 3.43. The lowest BCUT2D eigenvalue weighted by Gasteiger charge is -2.15. The lowest BCUT2D eigenvalue weighted by molar-refractivity contribution is 0.564. The van der Waals surface area contributed by atoms with Crippen LogP contribution in [0.2, 0.25) is 0 Å². The molecule has 2 heterocycles. The number of rotatable bonds is 0. The first-order valence-corrected chi connectivity index (χ1v) is 3.43. The van der Waals surface area contributed by atoms with Crippen LogP contribution < -0.4 is 0 Å². The molecular formula is C7H9N3. The molecule has 1 atom stereocenters. The molecule has 0 saturated heterocycles. The summed E-state index contributed by atoms with van der Waals surface area (Å²) >= 11 is 0. The molecule has 3 nitrogen and oxygen atoms in total. The molecule has 1 aliphatic rings. The van der Waals surface area contributed by atoms with Crippen LogP contribution in [0.1, 0.15) is 19.4 Å². The number of aliphatic imine (C=N–C) groups is 1. The zero-order valence-electron chi connectivity index (χ0n) is 5.86. The predicted octanol–water partition coefficient (Wildman–Crippen LogP) is 1.55. The van der Waals surface area contributed by atoms with Crippen molar-refractivity contribution in [3.63, 3.8) is 0 Å². The van der Waals surface area contributed by atoms with Crippen molar-refractivity contribution in [1.29, 1.82) is 0 Å². The maximum Gasteiger partial charge on any atom is 0.229 e. The summed E-state index contributed by atoms with van der Waals surface area (Å²) in [7, 11) is 0. The van der Waals surface area contributed by atoms with E-state index in [2.05, 4.69) is 21.5 Å². The van der Waals surface area contributed by atoms with Crippen LogP contribution in [-0.4, -0.2) is 15.8 Å². The Bertz CT molecular complexity index is 262. The molecule has 52 valence electrons. The Morgan fingerprint density at radius 1 is 1.70 bits per heavy atom. The van der Waals surface area contributed by atoms with Crippen molar-refractivity contribution < 1.29 is 0 Å². The first-order chi connectivity index (χ1) is 4.88.